The summed E-state index contributed by atoms with van der Waals surface area (Å²) in [4.78, 5) is 11.5. The molecular formula is C10H8BrClF2O3. The fourth-order valence-electron chi connectivity index (χ4n) is 1.11. The monoisotopic (exact) mass is 328 g/mol. The zero-order valence-corrected chi connectivity index (χ0v) is 11.0. The molecule has 0 spiro atoms. The van der Waals surface area contributed by atoms with Gasteiger partial charge < -0.3 is 9.47 Å². The van der Waals surface area contributed by atoms with E-state index in [1.165, 1.54) is 12.1 Å². The standard InChI is InChI=1S/C10H8BrClF2O3/c1-2-16-9(15)5-3-4-6(12)7(11)8(5)17-10(13)14/h3-4,10H,2H2,1H3. The molecular weight excluding hydrogens is 321 g/mol. The second-order valence-electron chi connectivity index (χ2n) is 2.84. The zero-order valence-electron chi connectivity index (χ0n) is 8.68. The van der Waals surface area contributed by atoms with E-state index in [0.717, 1.165) is 0 Å². The molecule has 1 aromatic rings. The first-order chi connectivity index (χ1) is 7.97. The minimum Gasteiger partial charge on any atom is -0.462 e. The summed E-state index contributed by atoms with van der Waals surface area (Å²) in [5, 5.41) is 0.161. The van der Waals surface area contributed by atoms with Gasteiger partial charge in [0.15, 0.2) is 5.75 Å². The average Bonchev–Trinajstić information content (AvgIpc) is 2.24. The van der Waals surface area contributed by atoms with Gasteiger partial charge in [-0.05, 0) is 35.0 Å². The lowest BCUT2D eigenvalue weighted by Crippen LogP contribution is -2.11. The Morgan fingerprint density at radius 2 is 2.18 bits per heavy atom. The quantitative estimate of drug-likeness (QED) is 0.786. The van der Waals surface area contributed by atoms with Gasteiger partial charge in [0.1, 0.15) is 5.56 Å². The van der Waals surface area contributed by atoms with Crippen molar-refractivity contribution in [2.75, 3.05) is 6.61 Å². The average molecular weight is 330 g/mol. The van der Waals surface area contributed by atoms with E-state index in [0.29, 0.717) is 0 Å². The highest BCUT2D eigenvalue weighted by molar-refractivity contribution is 9.10. The second-order valence-corrected chi connectivity index (χ2v) is 4.04. The third kappa shape index (κ3) is 3.54. The minimum absolute atomic E-state index is 0.0880. The number of carbonyl (C=O) groups is 1. The molecule has 0 amide bonds. The van der Waals surface area contributed by atoms with E-state index in [-0.39, 0.29) is 27.4 Å². The van der Waals surface area contributed by atoms with Gasteiger partial charge in [-0.3, -0.25) is 0 Å². The van der Waals surface area contributed by atoms with Crippen molar-refractivity contribution < 1.29 is 23.0 Å². The van der Waals surface area contributed by atoms with Crippen molar-refractivity contribution in [3.8, 4) is 5.75 Å². The van der Waals surface area contributed by atoms with Gasteiger partial charge in [-0.25, -0.2) is 4.79 Å². The maximum Gasteiger partial charge on any atom is 0.387 e. The van der Waals surface area contributed by atoms with Crippen molar-refractivity contribution >= 4 is 33.5 Å². The zero-order chi connectivity index (χ0) is 13.0. The van der Waals surface area contributed by atoms with Gasteiger partial charge in [0.25, 0.3) is 0 Å². The van der Waals surface area contributed by atoms with Crippen LogP contribution < -0.4 is 4.74 Å². The summed E-state index contributed by atoms with van der Waals surface area (Å²) < 4.78 is 33.5. The molecule has 0 atom stereocenters. The van der Waals surface area contributed by atoms with Gasteiger partial charge in [-0.15, -0.1) is 0 Å². The molecule has 7 heteroatoms. The minimum atomic E-state index is -3.06. The number of hydrogen-bond acceptors (Lipinski definition) is 3. The second kappa shape index (κ2) is 6.16. The molecule has 1 rings (SSSR count). The van der Waals surface area contributed by atoms with Crippen LogP contribution in [0.5, 0.6) is 5.75 Å². The van der Waals surface area contributed by atoms with Gasteiger partial charge in [0.2, 0.25) is 0 Å². The first kappa shape index (κ1) is 14.2. The highest BCUT2D eigenvalue weighted by Crippen LogP contribution is 2.36. The maximum absolute atomic E-state index is 12.2. The van der Waals surface area contributed by atoms with Crippen LogP contribution in [0.4, 0.5) is 8.78 Å². The van der Waals surface area contributed by atoms with Crippen LogP contribution in [0, 0.1) is 0 Å². The number of rotatable bonds is 4. The molecule has 0 aliphatic carbocycles. The number of esters is 1. The van der Waals surface area contributed by atoms with E-state index in [1.54, 1.807) is 6.92 Å². The Kier molecular flexibility index (Phi) is 5.14. The van der Waals surface area contributed by atoms with Gasteiger partial charge in [0, 0.05) is 0 Å². The number of alkyl halides is 2. The molecule has 0 unspecified atom stereocenters. The molecule has 0 saturated heterocycles. The molecule has 0 aliphatic rings. The first-order valence-corrected chi connectivity index (χ1v) is 5.74. The Balaban J connectivity index is 3.19. The largest absolute Gasteiger partial charge is 0.462 e. The van der Waals surface area contributed by atoms with E-state index < -0.39 is 12.6 Å². The molecule has 3 nitrogen and oxygen atoms in total. The van der Waals surface area contributed by atoms with Crippen LogP contribution in [0.25, 0.3) is 0 Å². The predicted octanol–water partition coefficient (Wildman–Crippen LogP) is 3.88. The lowest BCUT2D eigenvalue weighted by atomic mass is 10.2. The molecule has 0 bridgehead atoms. The molecule has 0 aromatic heterocycles. The Hall–Kier alpha value is -0.880. The van der Waals surface area contributed by atoms with Crippen LogP contribution in [0.1, 0.15) is 17.3 Å². The van der Waals surface area contributed by atoms with Crippen LogP contribution in [0.3, 0.4) is 0 Å². The molecule has 17 heavy (non-hydrogen) atoms. The maximum atomic E-state index is 12.2. The Morgan fingerprint density at radius 1 is 1.53 bits per heavy atom. The Bertz CT molecular complexity index is 426. The predicted molar refractivity (Wildman–Crippen MR) is 61.7 cm³/mol. The summed E-state index contributed by atoms with van der Waals surface area (Å²) in [7, 11) is 0. The van der Waals surface area contributed by atoms with E-state index >= 15 is 0 Å². The number of benzene rings is 1. The molecule has 94 valence electrons. The number of hydrogen-bond donors (Lipinski definition) is 0. The summed E-state index contributed by atoms with van der Waals surface area (Å²) in [6.07, 6.45) is 0. The number of carbonyl (C=O) groups excluding carboxylic acids is 1. The normalized spacial score (nSPS) is 10.5. The topological polar surface area (TPSA) is 35.5 Å². The highest BCUT2D eigenvalue weighted by Gasteiger charge is 2.21. The number of ether oxygens (including phenoxy) is 2. The third-order valence-electron chi connectivity index (χ3n) is 1.75. The third-order valence-corrected chi connectivity index (χ3v) is 3.08. The molecule has 0 saturated carbocycles. The van der Waals surface area contributed by atoms with Crippen LogP contribution in [0.2, 0.25) is 5.02 Å². The van der Waals surface area contributed by atoms with E-state index in [2.05, 4.69) is 20.7 Å². The van der Waals surface area contributed by atoms with Gasteiger partial charge in [0.05, 0.1) is 16.1 Å². The molecule has 0 heterocycles. The summed E-state index contributed by atoms with van der Waals surface area (Å²) >= 11 is 8.71. The SMILES string of the molecule is CCOC(=O)c1ccc(Cl)c(Br)c1OC(F)F. The summed E-state index contributed by atoms with van der Waals surface area (Å²) in [6, 6.07) is 2.65. The van der Waals surface area contributed by atoms with Crippen LogP contribution in [-0.4, -0.2) is 19.2 Å². The van der Waals surface area contributed by atoms with Gasteiger partial charge >= 0.3 is 12.6 Å². The van der Waals surface area contributed by atoms with E-state index in [4.69, 9.17) is 16.3 Å². The van der Waals surface area contributed by atoms with Crippen molar-refractivity contribution in [1.29, 1.82) is 0 Å². The van der Waals surface area contributed by atoms with Crippen molar-refractivity contribution in [2.45, 2.75) is 13.5 Å². The smallest absolute Gasteiger partial charge is 0.387 e. The van der Waals surface area contributed by atoms with Crippen molar-refractivity contribution in [2.24, 2.45) is 0 Å². The summed E-state index contributed by atoms with van der Waals surface area (Å²) in [5.74, 6) is -1.08. The summed E-state index contributed by atoms with van der Waals surface area (Å²) in [6.45, 7) is -1.32. The van der Waals surface area contributed by atoms with Crippen molar-refractivity contribution in [3.05, 3.63) is 27.2 Å². The van der Waals surface area contributed by atoms with Crippen molar-refractivity contribution in [1.82, 2.24) is 0 Å². The van der Waals surface area contributed by atoms with Crippen molar-refractivity contribution in [3.63, 3.8) is 0 Å². The first-order valence-electron chi connectivity index (χ1n) is 4.57. The molecule has 0 radical (unpaired) electrons. The van der Waals surface area contributed by atoms with Crippen LogP contribution >= 0.6 is 27.5 Å². The van der Waals surface area contributed by atoms with Gasteiger partial charge in [-0.2, -0.15) is 8.78 Å². The fourth-order valence-corrected chi connectivity index (χ4v) is 1.69. The Morgan fingerprint density at radius 3 is 2.71 bits per heavy atom. The lowest BCUT2D eigenvalue weighted by molar-refractivity contribution is -0.0509. The summed E-state index contributed by atoms with van der Waals surface area (Å²) in [5.41, 5.74) is -0.108. The molecule has 0 fully saturated rings. The van der Waals surface area contributed by atoms with Gasteiger partial charge in [-0.1, -0.05) is 11.6 Å². The van der Waals surface area contributed by atoms with Crippen LogP contribution in [0.15, 0.2) is 16.6 Å². The molecule has 1 aromatic carbocycles. The van der Waals surface area contributed by atoms with E-state index in [9.17, 15) is 13.6 Å². The van der Waals surface area contributed by atoms with Crippen LogP contribution in [-0.2, 0) is 4.74 Å². The molecule has 0 aliphatic heterocycles. The lowest BCUT2D eigenvalue weighted by Gasteiger charge is -2.12. The fraction of sp³-hybridized carbons (Fsp3) is 0.300. The van der Waals surface area contributed by atoms with E-state index in [1.807, 2.05) is 0 Å². The molecule has 0 N–H and O–H groups in total. The highest BCUT2D eigenvalue weighted by atomic mass is 79.9. The number of halogens is 4. The Labute approximate surface area is 110 Å².